The lowest BCUT2D eigenvalue weighted by atomic mass is 10.0. The molecule has 5 heterocycles. The maximum Gasteiger partial charge on any atom is 0.361 e. The van der Waals surface area contributed by atoms with Crippen LogP contribution in [0.4, 0.5) is 15.9 Å². The van der Waals surface area contributed by atoms with Crippen LogP contribution in [0.1, 0.15) is 65.6 Å². The summed E-state index contributed by atoms with van der Waals surface area (Å²) in [4.78, 5) is 37.9. The predicted molar refractivity (Wildman–Crippen MR) is 187 cm³/mol. The van der Waals surface area contributed by atoms with Gasteiger partial charge in [0.2, 0.25) is 6.10 Å². The van der Waals surface area contributed by atoms with Crippen molar-refractivity contribution in [3.05, 3.63) is 102 Å². The first kappa shape index (κ1) is 33.9. The molecule has 2 aliphatic heterocycles. The van der Waals surface area contributed by atoms with Gasteiger partial charge >= 0.3 is 5.97 Å². The summed E-state index contributed by atoms with van der Waals surface area (Å²) in [6, 6.07) is 14.5. The van der Waals surface area contributed by atoms with Gasteiger partial charge in [0.05, 0.1) is 35.9 Å². The van der Waals surface area contributed by atoms with E-state index in [2.05, 4.69) is 47.1 Å². The number of benzene rings is 2. The highest BCUT2D eigenvalue weighted by atomic mass is 19.1. The molecule has 4 N–H and O–H groups in total. The standard InChI is InChI=1S/C36H40FN11O3/c37-26-6-8-27(9-7-26)42-35(49)33(24-4-2-1-3-5-24)51-36(50)32-34(38)40-21-31(43-32)25-20-41-47(22-25)30-13-18-46(19-14-30)17-12-28-23-48(45-44-28)29-10-15-39-16-11-29/h1-9,20-23,29-30,33,39H,10-19H2,(H2,38,40)(H,42,49)/t33-/m1/s1. The van der Waals surface area contributed by atoms with E-state index in [0.717, 1.165) is 70.5 Å². The molecule has 0 unspecified atom stereocenters. The summed E-state index contributed by atoms with van der Waals surface area (Å²) in [7, 11) is 0. The molecule has 2 aliphatic rings. The Hall–Kier alpha value is -5.54. The van der Waals surface area contributed by atoms with E-state index in [1.807, 2.05) is 15.6 Å². The highest BCUT2D eigenvalue weighted by molar-refractivity contribution is 5.99. The summed E-state index contributed by atoms with van der Waals surface area (Å²) in [6.45, 7) is 4.86. The van der Waals surface area contributed by atoms with Crippen LogP contribution in [0, 0.1) is 5.82 Å². The summed E-state index contributed by atoms with van der Waals surface area (Å²) in [6.07, 6.45) is 10.8. The lowest BCUT2D eigenvalue weighted by Gasteiger charge is -2.31. The normalized spacial score (nSPS) is 16.5. The molecule has 1 atom stereocenters. The quantitative estimate of drug-likeness (QED) is 0.171. The van der Waals surface area contributed by atoms with E-state index in [-0.39, 0.29) is 17.6 Å². The first-order valence-electron chi connectivity index (χ1n) is 17.2. The van der Waals surface area contributed by atoms with Crippen molar-refractivity contribution in [2.45, 2.75) is 50.3 Å². The third kappa shape index (κ3) is 8.27. The Bertz CT molecular complexity index is 1940. The molecular weight excluding hydrogens is 653 g/mol. The van der Waals surface area contributed by atoms with Crippen LogP contribution in [0.15, 0.2) is 79.4 Å². The fourth-order valence-corrected chi connectivity index (χ4v) is 6.52. The number of nitrogens with zero attached hydrogens (tertiary/aromatic N) is 8. The van der Waals surface area contributed by atoms with E-state index in [1.165, 1.54) is 30.5 Å². The number of anilines is 2. The zero-order valence-electron chi connectivity index (χ0n) is 28.1. The molecule has 5 aromatic rings. The third-order valence-electron chi connectivity index (χ3n) is 9.42. The summed E-state index contributed by atoms with van der Waals surface area (Å²) in [5.41, 5.74) is 8.73. The molecule has 3 aromatic heterocycles. The van der Waals surface area contributed by atoms with Gasteiger partial charge in [-0.05, 0) is 63.0 Å². The molecule has 7 rings (SSSR count). The van der Waals surface area contributed by atoms with Gasteiger partial charge in [0.15, 0.2) is 11.5 Å². The fourth-order valence-electron chi connectivity index (χ4n) is 6.52. The Kier molecular flexibility index (Phi) is 10.4. The molecular formula is C36H40FN11O3. The number of esters is 1. The minimum atomic E-state index is -1.34. The first-order valence-corrected chi connectivity index (χ1v) is 17.2. The number of nitrogens with two attached hydrogens (primary N) is 1. The average molecular weight is 694 g/mol. The Balaban J connectivity index is 0.967. The van der Waals surface area contributed by atoms with Crippen molar-refractivity contribution >= 4 is 23.4 Å². The number of nitrogen functional groups attached to an aromatic ring is 1. The highest BCUT2D eigenvalue weighted by Gasteiger charge is 2.29. The second-order valence-corrected chi connectivity index (χ2v) is 12.9. The van der Waals surface area contributed by atoms with Crippen LogP contribution in [0.3, 0.4) is 0 Å². The Morgan fingerprint density at radius 1 is 0.961 bits per heavy atom. The van der Waals surface area contributed by atoms with E-state index in [4.69, 9.17) is 10.5 Å². The number of ether oxygens (including phenoxy) is 1. The third-order valence-corrected chi connectivity index (χ3v) is 9.42. The van der Waals surface area contributed by atoms with E-state index in [0.29, 0.717) is 28.6 Å². The molecule has 2 aromatic carbocycles. The number of aromatic nitrogens is 7. The SMILES string of the molecule is Nc1ncc(-c2cnn(C3CCN(CCc4cn(C5CCNCC5)nn4)CC3)c2)nc1C(=O)O[C@@H](C(=O)Nc1ccc(F)cc1)c1ccccc1. The summed E-state index contributed by atoms with van der Waals surface area (Å²) >= 11 is 0. The molecule has 2 saturated heterocycles. The minimum absolute atomic E-state index is 0.136. The van der Waals surface area contributed by atoms with Crippen LogP contribution in [-0.2, 0) is 16.0 Å². The van der Waals surface area contributed by atoms with Crippen molar-refractivity contribution in [1.82, 2.24) is 45.0 Å². The molecule has 15 heteroatoms. The fraction of sp³-hybridized carbons (Fsp3) is 0.361. The lowest BCUT2D eigenvalue weighted by Crippen LogP contribution is -2.36. The van der Waals surface area contributed by atoms with Gasteiger partial charge in [-0.3, -0.25) is 9.48 Å². The van der Waals surface area contributed by atoms with Crippen LogP contribution in [0.2, 0.25) is 0 Å². The topological polar surface area (TPSA) is 171 Å². The largest absolute Gasteiger partial charge is 0.442 e. The average Bonchev–Trinajstić information content (AvgIpc) is 3.86. The number of likely N-dealkylation sites (tertiary alicyclic amines) is 1. The van der Waals surface area contributed by atoms with E-state index >= 15 is 0 Å². The van der Waals surface area contributed by atoms with Crippen molar-refractivity contribution in [2.75, 3.05) is 43.8 Å². The van der Waals surface area contributed by atoms with Gasteiger partial charge in [-0.1, -0.05) is 35.5 Å². The van der Waals surface area contributed by atoms with E-state index in [1.54, 1.807) is 36.5 Å². The number of rotatable bonds is 11. The zero-order chi connectivity index (χ0) is 35.2. The van der Waals surface area contributed by atoms with Gasteiger partial charge in [0.1, 0.15) is 5.82 Å². The van der Waals surface area contributed by atoms with Gasteiger partial charge in [0.25, 0.3) is 5.91 Å². The molecule has 0 bridgehead atoms. The van der Waals surface area contributed by atoms with E-state index < -0.39 is 23.8 Å². The van der Waals surface area contributed by atoms with Gasteiger partial charge in [-0.2, -0.15) is 5.10 Å². The summed E-state index contributed by atoms with van der Waals surface area (Å²) < 4.78 is 23.1. The van der Waals surface area contributed by atoms with Crippen LogP contribution in [0.5, 0.6) is 0 Å². The Labute approximate surface area is 294 Å². The number of hydrogen-bond acceptors (Lipinski definition) is 11. The van der Waals surface area contributed by atoms with Crippen LogP contribution >= 0.6 is 0 Å². The summed E-state index contributed by atoms with van der Waals surface area (Å²) in [5, 5.41) is 19.5. The number of nitrogens with one attached hydrogen (secondary N) is 2. The van der Waals surface area contributed by atoms with Crippen molar-refractivity contribution < 1.29 is 18.7 Å². The molecule has 1 amide bonds. The second kappa shape index (κ2) is 15.6. The van der Waals surface area contributed by atoms with Crippen molar-refractivity contribution in [2.24, 2.45) is 0 Å². The number of piperidine rings is 2. The van der Waals surface area contributed by atoms with Crippen LogP contribution < -0.4 is 16.4 Å². The highest BCUT2D eigenvalue weighted by Crippen LogP contribution is 2.27. The number of carbonyl (C=O) groups excluding carboxylic acids is 2. The predicted octanol–water partition coefficient (Wildman–Crippen LogP) is 3.99. The van der Waals surface area contributed by atoms with Gasteiger partial charge in [-0.15, -0.1) is 5.10 Å². The van der Waals surface area contributed by atoms with Crippen LogP contribution in [-0.4, -0.2) is 84.2 Å². The number of carbonyl (C=O) groups is 2. The molecule has 51 heavy (non-hydrogen) atoms. The minimum Gasteiger partial charge on any atom is -0.442 e. The molecule has 0 radical (unpaired) electrons. The molecule has 0 aliphatic carbocycles. The number of halogens is 1. The zero-order valence-corrected chi connectivity index (χ0v) is 28.1. The van der Waals surface area contributed by atoms with Crippen molar-refractivity contribution in [1.29, 1.82) is 0 Å². The molecule has 264 valence electrons. The number of amides is 1. The first-order chi connectivity index (χ1) is 24.9. The van der Waals surface area contributed by atoms with Crippen molar-refractivity contribution in [3.8, 4) is 11.3 Å². The molecule has 0 spiro atoms. The number of hydrogen-bond donors (Lipinski definition) is 3. The van der Waals surface area contributed by atoms with Crippen molar-refractivity contribution in [3.63, 3.8) is 0 Å². The van der Waals surface area contributed by atoms with Gasteiger partial charge < -0.3 is 26.0 Å². The lowest BCUT2D eigenvalue weighted by molar-refractivity contribution is -0.125. The monoisotopic (exact) mass is 693 g/mol. The maximum absolute atomic E-state index is 13.5. The van der Waals surface area contributed by atoms with Crippen LogP contribution in [0.25, 0.3) is 11.3 Å². The smallest absolute Gasteiger partial charge is 0.361 e. The molecule has 14 nitrogen and oxygen atoms in total. The molecule has 2 fully saturated rings. The Morgan fingerprint density at radius 2 is 1.71 bits per heavy atom. The van der Waals surface area contributed by atoms with E-state index in [9.17, 15) is 14.0 Å². The van der Waals surface area contributed by atoms with Gasteiger partial charge in [-0.25, -0.2) is 23.8 Å². The Morgan fingerprint density at radius 3 is 2.47 bits per heavy atom. The molecule has 0 saturated carbocycles. The second-order valence-electron chi connectivity index (χ2n) is 12.9. The maximum atomic E-state index is 13.5. The van der Waals surface area contributed by atoms with Gasteiger partial charge in [0, 0.05) is 55.3 Å². The summed E-state index contributed by atoms with van der Waals surface area (Å²) in [5.74, 6) is -2.13.